The molecule has 0 aromatic rings. The zero-order valence-electron chi connectivity index (χ0n) is 20.9. The molecular formula is C26H48N2O4. The third-order valence-corrected chi connectivity index (χ3v) is 7.09. The lowest BCUT2D eigenvalue weighted by atomic mass is 9.85. The Bertz CT molecular complexity index is 532. The Morgan fingerprint density at radius 2 is 1.75 bits per heavy atom. The maximum atomic E-state index is 13.4. The molecule has 3 atom stereocenters. The second-order valence-electron chi connectivity index (χ2n) is 9.71. The molecule has 2 fully saturated rings. The molecule has 1 heterocycles. The fourth-order valence-corrected chi connectivity index (χ4v) is 4.97. The monoisotopic (exact) mass is 452 g/mol. The first-order valence-corrected chi connectivity index (χ1v) is 12.8. The fourth-order valence-electron chi connectivity index (χ4n) is 4.97. The van der Waals surface area contributed by atoms with Crippen LogP contribution < -0.4 is 5.32 Å². The van der Waals surface area contributed by atoms with Crippen molar-refractivity contribution in [1.82, 2.24) is 10.2 Å². The number of nitrogens with one attached hydrogen (secondary N) is 1. The largest absolute Gasteiger partial charge is 0.501 e. The maximum absolute atomic E-state index is 13.4. The van der Waals surface area contributed by atoms with E-state index in [-0.39, 0.29) is 11.8 Å². The van der Waals surface area contributed by atoms with E-state index in [4.69, 9.17) is 14.2 Å². The van der Waals surface area contributed by atoms with Gasteiger partial charge in [0.15, 0.2) is 0 Å². The molecule has 186 valence electrons. The minimum absolute atomic E-state index is 0.124. The highest BCUT2D eigenvalue weighted by atomic mass is 16.5. The van der Waals surface area contributed by atoms with Gasteiger partial charge >= 0.3 is 0 Å². The van der Waals surface area contributed by atoms with Gasteiger partial charge in [-0.25, -0.2) is 0 Å². The van der Waals surface area contributed by atoms with E-state index >= 15 is 0 Å². The van der Waals surface area contributed by atoms with Gasteiger partial charge in [0.25, 0.3) is 0 Å². The normalized spacial score (nSPS) is 20.5. The quantitative estimate of drug-likeness (QED) is 0.247. The molecule has 0 bridgehead atoms. The van der Waals surface area contributed by atoms with Gasteiger partial charge in [-0.2, -0.15) is 0 Å². The predicted molar refractivity (Wildman–Crippen MR) is 130 cm³/mol. The molecule has 2 rings (SSSR count). The average Bonchev–Trinajstić information content (AvgIpc) is 3.66. The van der Waals surface area contributed by atoms with Crippen LogP contribution in [0.15, 0.2) is 12.3 Å². The van der Waals surface area contributed by atoms with E-state index in [0.717, 1.165) is 90.0 Å². The molecule has 1 N–H and O–H groups in total. The Morgan fingerprint density at radius 1 is 1.03 bits per heavy atom. The van der Waals surface area contributed by atoms with Crippen molar-refractivity contribution in [2.75, 3.05) is 54.2 Å². The summed E-state index contributed by atoms with van der Waals surface area (Å²) in [5.41, 5.74) is 0. The van der Waals surface area contributed by atoms with Gasteiger partial charge in [-0.05, 0) is 63.8 Å². The molecule has 1 amide bonds. The number of unbranched alkanes of at least 4 members (excludes halogenated alkanes) is 2. The smallest absolute Gasteiger partial charge is 0.227 e. The van der Waals surface area contributed by atoms with E-state index in [1.807, 2.05) is 0 Å². The first kappa shape index (κ1) is 27.1. The van der Waals surface area contributed by atoms with E-state index in [9.17, 15) is 4.79 Å². The summed E-state index contributed by atoms with van der Waals surface area (Å²) in [5.74, 6) is 2.06. The molecule has 0 aromatic heterocycles. The summed E-state index contributed by atoms with van der Waals surface area (Å²) in [5, 5.41) is 3.41. The van der Waals surface area contributed by atoms with Gasteiger partial charge < -0.3 is 24.4 Å². The van der Waals surface area contributed by atoms with E-state index in [2.05, 4.69) is 16.8 Å². The Kier molecular flexibility index (Phi) is 13.3. The SMILES string of the molecule is C=C(OC)C(CC(CCCCCOC)CCCOC)CN(C(=O)[C@@H]1CCCNC1)C1CC1. The molecule has 1 aliphatic carbocycles. The molecule has 6 heteroatoms. The van der Waals surface area contributed by atoms with Crippen LogP contribution in [0.5, 0.6) is 0 Å². The lowest BCUT2D eigenvalue weighted by Crippen LogP contribution is -2.46. The molecule has 1 saturated carbocycles. The molecule has 2 unspecified atom stereocenters. The van der Waals surface area contributed by atoms with Crippen LogP contribution in [0.1, 0.15) is 70.6 Å². The second-order valence-corrected chi connectivity index (χ2v) is 9.71. The zero-order chi connectivity index (χ0) is 23.2. The number of ether oxygens (including phenoxy) is 3. The number of nitrogens with zero attached hydrogens (tertiary/aromatic N) is 1. The van der Waals surface area contributed by atoms with Crippen molar-refractivity contribution in [3.05, 3.63) is 12.3 Å². The zero-order valence-corrected chi connectivity index (χ0v) is 20.9. The highest BCUT2D eigenvalue weighted by Gasteiger charge is 2.38. The first-order valence-electron chi connectivity index (χ1n) is 12.8. The Balaban J connectivity index is 1.99. The molecule has 6 nitrogen and oxygen atoms in total. The van der Waals surface area contributed by atoms with Crippen molar-refractivity contribution in [1.29, 1.82) is 0 Å². The molecule has 0 aromatic carbocycles. The van der Waals surface area contributed by atoms with Crippen LogP contribution in [0.3, 0.4) is 0 Å². The summed E-state index contributed by atoms with van der Waals surface area (Å²) >= 11 is 0. The number of rotatable bonds is 18. The van der Waals surface area contributed by atoms with Crippen molar-refractivity contribution in [2.24, 2.45) is 17.8 Å². The Hall–Kier alpha value is -1.11. The lowest BCUT2D eigenvalue weighted by Gasteiger charge is -2.34. The van der Waals surface area contributed by atoms with Gasteiger partial charge in [-0.1, -0.05) is 25.8 Å². The van der Waals surface area contributed by atoms with E-state index in [0.29, 0.717) is 17.9 Å². The van der Waals surface area contributed by atoms with Crippen molar-refractivity contribution in [3.8, 4) is 0 Å². The number of hydrogen-bond donors (Lipinski definition) is 1. The third-order valence-electron chi connectivity index (χ3n) is 7.09. The first-order chi connectivity index (χ1) is 15.6. The van der Waals surface area contributed by atoms with Gasteiger partial charge in [-0.3, -0.25) is 4.79 Å². The number of hydrogen-bond acceptors (Lipinski definition) is 5. The van der Waals surface area contributed by atoms with Gasteiger partial charge in [0.1, 0.15) is 0 Å². The van der Waals surface area contributed by atoms with Crippen LogP contribution in [-0.4, -0.2) is 71.0 Å². The Labute approximate surface area is 196 Å². The highest BCUT2D eigenvalue weighted by molar-refractivity contribution is 5.80. The predicted octanol–water partition coefficient (Wildman–Crippen LogP) is 4.39. The third kappa shape index (κ3) is 9.80. The minimum atomic E-state index is 0.124. The molecule has 32 heavy (non-hydrogen) atoms. The lowest BCUT2D eigenvalue weighted by molar-refractivity contribution is -0.137. The average molecular weight is 453 g/mol. The van der Waals surface area contributed by atoms with E-state index < -0.39 is 0 Å². The molecule has 0 radical (unpaired) electrons. The van der Waals surface area contributed by atoms with Crippen molar-refractivity contribution >= 4 is 5.91 Å². The van der Waals surface area contributed by atoms with Crippen LogP contribution >= 0.6 is 0 Å². The van der Waals surface area contributed by atoms with E-state index in [1.54, 1.807) is 21.3 Å². The van der Waals surface area contributed by atoms with Gasteiger partial charge in [0.2, 0.25) is 5.91 Å². The minimum Gasteiger partial charge on any atom is -0.501 e. The van der Waals surface area contributed by atoms with Crippen LogP contribution in [0.25, 0.3) is 0 Å². The van der Waals surface area contributed by atoms with Crippen LogP contribution in [0.2, 0.25) is 0 Å². The van der Waals surface area contributed by atoms with Gasteiger partial charge in [-0.15, -0.1) is 0 Å². The van der Waals surface area contributed by atoms with Crippen LogP contribution in [0.4, 0.5) is 0 Å². The van der Waals surface area contributed by atoms with Crippen LogP contribution in [-0.2, 0) is 19.0 Å². The molecule has 0 spiro atoms. The highest BCUT2D eigenvalue weighted by Crippen LogP contribution is 2.34. The summed E-state index contributed by atoms with van der Waals surface area (Å²) in [7, 11) is 5.26. The number of amides is 1. The van der Waals surface area contributed by atoms with Crippen molar-refractivity contribution in [2.45, 2.75) is 76.7 Å². The molecule has 1 aliphatic heterocycles. The number of carbonyl (C=O) groups excluding carboxylic acids is 1. The molecular weight excluding hydrogens is 404 g/mol. The van der Waals surface area contributed by atoms with Gasteiger partial charge in [0, 0.05) is 52.5 Å². The summed E-state index contributed by atoms with van der Waals surface area (Å²) < 4.78 is 16.1. The van der Waals surface area contributed by atoms with Gasteiger partial charge in [0.05, 0.1) is 18.8 Å². The summed E-state index contributed by atoms with van der Waals surface area (Å²) in [6, 6.07) is 0.414. The standard InChI is InChI=1S/C26H48N2O4/c1-21(32-4)24(18-22(11-9-17-31-3)10-6-5-7-16-30-2)20-28(25-13-14-25)26(29)23-12-8-15-27-19-23/h22-25,27H,1,5-20H2,2-4H3/t22?,23-,24?/m1/s1. The number of methoxy groups -OCH3 is 3. The topological polar surface area (TPSA) is 60.0 Å². The van der Waals surface area contributed by atoms with Crippen molar-refractivity contribution < 1.29 is 19.0 Å². The number of piperidine rings is 1. The molecule has 1 saturated heterocycles. The Morgan fingerprint density at radius 3 is 2.38 bits per heavy atom. The van der Waals surface area contributed by atoms with Crippen LogP contribution in [0, 0.1) is 17.8 Å². The van der Waals surface area contributed by atoms with E-state index in [1.165, 1.54) is 19.3 Å². The summed E-state index contributed by atoms with van der Waals surface area (Å²) in [6.07, 6.45) is 12.3. The number of carbonyl (C=O) groups is 1. The maximum Gasteiger partial charge on any atom is 0.227 e. The van der Waals surface area contributed by atoms with Crippen molar-refractivity contribution in [3.63, 3.8) is 0 Å². The fraction of sp³-hybridized carbons (Fsp3) is 0.885. The summed E-state index contributed by atoms with van der Waals surface area (Å²) in [6.45, 7) is 8.47. The summed E-state index contributed by atoms with van der Waals surface area (Å²) in [4.78, 5) is 15.6. The molecule has 2 aliphatic rings. The second kappa shape index (κ2) is 15.7.